The standard InChI is InChI=1S/C11H15ClN2O/c1-2-6-14(7-8-15)9-10-4-3-5-13-11(10)12/h2-5,15H,1,6-9H2. The van der Waals surface area contributed by atoms with Crippen LogP contribution in [-0.4, -0.2) is 34.7 Å². The number of hydrogen-bond donors (Lipinski definition) is 1. The molecule has 0 spiro atoms. The highest BCUT2D eigenvalue weighted by atomic mass is 35.5. The Kier molecular flexibility index (Phi) is 5.32. The van der Waals surface area contributed by atoms with Crippen molar-refractivity contribution in [3.05, 3.63) is 41.7 Å². The summed E-state index contributed by atoms with van der Waals surface area (Å²) in [4.78, 5) is 6.05. The molecule has 1 N–H and O–H groups in total. The average molecular weight is 227 g/mol. The molecule has 0 unspecified atom stereocenters. The van der Waals surface area contributed by atoms with Gasteiger partial charge < -0.3 is 5.11 Å². The van der Waals surface area contributed by atoms with Crippen LogP contribution < -0.4 is 0 Å². The minimum atomic E-state index is 0.131. The van der Waals surface area contributed by atoms with Crippen molar-refractivity contribution in [3.8, 4) is 0 Å². The summed E-state index contributed by atoms with van der Waals surface area (Å²) in [6.07, 6.45) is 3.47. The number of rotatable bonds is 6. The summed E-state index contributed by atoms with van der Waals surface area (Å²) in [5, 5.41) is 9.40. The van der Waals surface area contributed by atoms with Crippen LogP contribution in [0.15, 0.2) is 31.0 Å². The Morgan fingerprint density at radius 3 is 3.00 bits per heavy atom. The first-order valence-electron chi connectivity index (χ1n) is 4.81. The molecule has 1 aromatic rings. The van der Waals surface area contributed by atoms with Crippen LogP contribution in [0.1, 0.15) is 5.56 Å². The zero-order chi connectivity index (χ0) is 11.1. The van der Waals surface area contributed by atoms with Gasteiger partial charge >= 0.3 is 0 Å². The molecule has 0 bridgehead atoms. The number of pyridine rings is 1. The first-order valence-corrected chi connectivity index (χ1v) is 5.19. The summed E-state index contributed by atoms with van der Waals surface area (Å²) in [6.45, 7) is 5.82. The van der Waals surface area contributed by atoms with E-state index in [0.29, 0.717) is 18.2 Å². The maximum Gasteiger partial charge on any atom is 0.133 e. The van der Waals surface area contributed by atoms with Crippen molar-refractivity contribution < 1.29 is 5.11 Å². The minimum Gasteiger partial charge on any atom is -0.395 e. The molecule has 15 heavy (non-hydrogen) atoms. The topological polar surface area (TPSA) is 36.4 Å². The third kappa shape index (κ3) is 4.00. The number of nitrogens with zero attached hydrogens (tertiary/aromatic N) is 2. The molecule has 0 aliphatic carbocycles. The van der Waals surface area contributed by atoms with Gasteiger partial charge in [0.1, 0.15) is 5.15 Å². The quantitative estimate of drug-likeness (QED) is 0.593. The van der Waals surface area contributed by atoms with E-state index in [0.717, 1.165) is 12.1 Å². The smallest absolute Gasteiger partial charge is 0.133 e. The predicted molar refractivity (Wildman–Crippen MR) is 61.8 cm³/mol. The lowest BCUT2D eigenvalue weighted by Gasteiger charge is -2.19. The lowest BCUT2D eigenvalue weighted by molar-refractivity contribution is 0.203. The Labute approximate surface area is 95.0 Å². The summed E-state index contributed by atoms with van der Waals surface area (Å²) >= 11 is 5.94. The Bertz CT molecular complexity index is 317. The predicted octanol–water partition coefficient (Wildman–Crippen LogP) is 1.72. The van der Waals surface area contributed by atoms with Crippen molar-refractivity contribution in [2.75, 3.05) is 19.7 Å². The number of aliphatic hydroxyl groups excluding tert-OH is 1. The third-order valence-corrected chi connectivity index (χ3v) is 2.37. The molecular formula is C11H15ClN2O. The Hall–Kier alpha value is -0.900. The van der Waals surface area contributed by atoms with E-state index in [1.807, 2.05) is 12.1 Å². The van der Waals surface area contributed by atoms with E-state index in [9.17, 15) is 0 Å². The van der Waals surface area contributed by atoms with Gasteiger partial charge in [-0.05, 0) is 6.07 Å². The normalized spacial score (nSPS) is 10.6. The number of aromatic nitrogens is 1. The van der Waals surface area contributed by atoms with E-state index in [4.69, 9.17) is 16.7 Å². The lowest BCUT2D eigenvalue weighted by atomic mass is 10.2. The van der Waals surface area contributed by atoms with Gasteiger partial charge in [0.15, 0.2) is 0 Å². The van der Waals surface area contributed by atoms with Crippen molar-refractivity contribution in [3.63, 3.8) is 0 Å². The van der Waals surface area contributed by atoms with Crippen LogP contribution in [0.5, 0.6) is 0 Å². The zero-order valence-electron chi connectivity index (χ0n) is 8.56. The summed E-state index contributed by atoms with van der Waals surface area (Å²) in [5.41, 5.74) is 0.967. The van der Waals surface area contributed by atoms with E-state index < -0.39 is 0 Å². The highest BCUT2D eigenvalue weighted by molar-refractivity contribution is 6.30. The van der Waals surface area contributed by atoms with E-state index in [2.05, 4.69) is 16.5 Å². The fourth-order valence-corrected chi connectivity index (χ4v) is 1.52. The van der Waals surface area contributed by atoms with Crippen LogP contribution in [-0.2, 0) is 6.54 Å². The molecule has 4 heteroatoms. The van der Waals surface area contributed by atoms with Crippen LogP contribution in [0.25, 0.3) is 0 Å². The summed E-state index contributed by atoms with van der Waals surface area (Å²) < 4.78 is 0. The second kappa shape index (κ2) is 6.56. The van der Waals surface area contributed by atoms with Gasteiger partial charge in [0.25, 0.3) is 0 Å². The van der Waals surface area contributed by atoms with E-state index in [1.54, 1.807) is 12.3 Å². The molecule has 0 fully saturated rings. The Morgan fingerprint density at radius 2 is 2.40 bits per heavy atom. The molecule has 82 valence electrons. The van der Waals surface area contributed by atoms with Gasteiger partial charge in [0.2, 0.25) is 0 Å². The molecule has 0 saturated carbocycles. The molecule has 0 atom stereocenters. The monoisotopic (exact) mass is 226 g/mol. The van der Waals surface area contributed by atoms with Gasteiger partial charge in [-0.1, -0.05) is 23.7 Å². The Morgan fingerprint density at radius 1 is 1.60 bits per heavy atom. The molecule has 1 rings (SSSR count). The molecular weight excluding hydrogens is 212 g/mol. The molecule has 0 aromatic carbocycles. The molecule has 0 saturated heterocycles. The van der Waals surface area contributed by atoms with Gasteiger partial charge in [0.05, 0.1) is 6.61 Å². The summed E-state index contributed by atoms with van der Waals surface area (Å²) in [5.74, 6) is 0. The fraction of sp³-hybridized carbons (Fsp3) is 0.364. The largest absolute Gasteiger partial charge is 0.395 e. The first kappa shape index (κ1) is 12.2. The van der Waals surface area contributed by atoms with E-state index in [1.165, 1.54) is 0 Å². The van der Waals surface area contributed by atoms with Crippen molar-refractivity contribution >= 4 is 11.6 Å². The maximum atomic E-state index is 8.89. The van der Waals surface area contributed by atoms with Gasteiger partial charge in [-0.15, -0.1) is 6.58 Å². The summed E-state index contributed by atoms with van der Waals surface area (Å²) in [7, 11) is 0. The molecule has 3 nitrogen and oxygen atoms in total. The SMILES string of the molecule is C=CCN(CCO)Cc1cccnc1Cl. The first-order chi connectivity index (χ1) is 7.27. The second-order valence-corrected chi connectivity index (χ2v) is 3.56. The van der Waals surface area contributed by atoms with E-state index in [-0.39, 0.29) is 6.61 Å². The van der Waals surface area contributed by atoms with Crippen LogP contribution >= 0.6 is 11.6 Å². The highest BCUT2D eigenvalue weighted by Crippen LogP contribution is 2.13. The maximum absolute atomic E-state index is 8.89. The van der Waals surface area contributed by atoms with Crippen LogP contribution in [0, 0.1) is 0 Å². The molecule has 0 aliphatic heterocycles. The fourth-order valence-electron chi connectivity index (χ4n) is 1.34. The molecule has 0 amide bonds. The van der Waals surface area contributed by atoms with Crippen molar-refractivity contribution in [2.45, 2.75) is 6.54 Å². The number of hydrogen-bond acceptors (Lipinski definition) is 3. The number of halogens is 1. The van der Waals surface area contributed by atoms with Crippen LogP contribution in [0.4, 0.5) is 0 Å². The third-order valence-electron chi connectivity index (χ3n) is 2.03. The lowest BCUT2D eigenvalue weighted by Crippen LogP contribution is -2.26. The minimum absolute atomic E-state index is 0.131. The van der Waals surface area contributed by atoms with Gasteiger partial charge in [-0.3, -0.25) is 4.90 Å². The summed E-state index contributed by atoms with van der Waals surface area (Å²) in [6, 6.07) is 3.79. The van der Waals surface area contributed by atoms with Gasteiger partial charge in [-0.25, -0.2) is 4.98 Å². The van der Waals surface area contributed by atoms with Crippen molar-refractivity contribution in [1.29, 1.82) is 0 Å². The molecule has 1 aromatic heterocycles. The Balaban J connectivity index is 2.64. The van der Waals surface area contributed by atoms with E-state index >= 15 is 0 Å². The van der Waals surface area contributed by atoms with Crippen molar-refractivity contribution in [2.24, 2.45) is 0 Å². The highest BCUT2D eigenvalue weighted by Gasteiger charge is 2.06. The van der Waals surface area contributed by atoms with Gasteiger partial charge in [0, 0.05) is 31.4 Å². The van der Waals surface area contributed by atoms with Crippen LogP contribution in [0.3, 0.4) is 0 Å². The molecule has 0 aliphatic rings. The zero-order valence-corrected chi connectivity index (χ0v) is 9.32. The number of aliphatic hydroxyl groups is 1. The van der Waals surface area contributed by atoms with Gasteiger partial charge in [-0.2, -0.15) is 0 Å². The average Bonchev–Trinajstić information content (AvgIpc) is 2.22. The van der Waals surface area contributed by atoms with Crippen LogP contribution in [0.2, 0.25) is 5.15 Å². The molecule has 0 radical (unpaired) electrons. The molecule has 1 heterocycles. The van der Waals surface area contributed by atoms with Crippen molar-refractivity contribution in [1.82, 2.24) is 9.88 Å². The second-order valence-electron chi connectivity index (χ2n) is 3.20.